The van der Waals surface area contributed by atoms with Gasteiger partial charge in [-0.3, -0.25) is 10.1 Å². The number of carbonyl (C=O) groups is 1. The van der Waals surface area contributed by atoms with Gasteiger partial charge in [-0.05, 0) is 24.8 Å². The highest BCUT2D eigenvalue weighted by atomic mass is 16.4. The largest absolute Gasteiger partial charge is 0.480 e. The Hall–Kier alpha value is -1.35. The number of benzene rings is 1. The van der Waals surface area contributed by atoms with Crippen molar-refractivity contribution in [3.05, 3.63) is 35.9 Å². The molecule has 0 heterocycles. The molecule has 1 aliphatic rings. The smallest absolute Gasteiger partial charge is 0.324 e. The zero-order chi connectivity index (χ0) is 14.4. The summed E-state index contributed by atoms with van der Waals surface area (Å²) in [6, 6.07) is 10.3. The number of hydrogen-bond acceptors (Lipinski definition) is 2. The van der Waals surface area contributed by atoms with E-state index in [0.29, 0.717) is 18.9 Å². The van der Waals surface area contributed by atoms with Crippen LogP contribution in [0.5, 0.6) is 0 Å². The Bertz CT molecular complexity index is 426. The first-order valence-electron chi connectivity index (χ1n) is 7.71. The summed E-state index contributed by atoms with van der Waals surface area (Å²) >= 11 is 0. The quantitative estimate of drug-likeness (QED) is 0.836. The van der Waals surface area contributed by atoms with Crippen LogP contribution in [0.4, 0.5) is 0 Å². The molecule has 0 aromatic heterocycles. The molecule has 1 saturated carbocycles. The van der Waals surface area contributed by atoms with Crippen LogP contribution in [0.25, 0.3) is 0 Å². The molecule has 2 rings (SSSR count). The van der Waals surface area contributed by atoms with Crippen molar-refractivity contribution in [3.8, 4) is 0 Å². The number of nitrogens with one attached hydrogen (secondary N) is 1. The average molecular weight is 275 g/mol. The Kier molecular flexibility index (Phi) is 5.18. The second-order valence-corrected chi connectivity index (χ2v) is 5.88. The van der Waals surface area contributed by atoms with E-state index in [1.54, 1.807) is 0 Å². The van der Waals surface area contributed by atoms with Crippen molar-refractivity contribution in [1.29, 1.82) is 0 Å². The van der Waals surface area contributed by atoms with E-state index in [9.17, 15) is 9.90 Å². The monoisotopic (exact) mass is 275 g/mol. The van der Waals surface area contributed by atoms with Gasteiger partial charge >= 0.3 is 5.97 Å². The van der Waals surface area contributed by atoms with Crippen LogP contribution in [0.15, 0.2) is 30.3 Å². The third kappa shape index (κ3) is 3.60. The van der Waals surface area contributed by atoms with Crippen LogP contribution in [0.2, 0.25) is 0 Å². The van der Waals surface area contributed by atoms with Gasteiger partial charge in [-0.15, -0.1) is 0 Å². The van der Waals surface area contributed by atoms with Crippen LogP contribution < -0.4 is 5.32 Å². The summed E-state index contributed by atoms with van der Waals surface area (Å²) in [5.74, 6) is -0.727. The van der Waals surface area contributed by atoms with Gasteiger partial charge in [0.05, 0.1) is 0 Å². The normalized spacial score (nSPS) is 19.4. The van der Waals surface area contributed by atoms with E-state index >= 15 is 0 Å². The molecule has 1 unspecified atom stereocenters. The molecule has 0 aliphatic heterocycles. The van der Waals surface area contributed by atoms with Crippen LogP contribution >= 0.6 is 0 Å². The minimum atomic E-state index is -0.830. The molecule has 3 heteroatoms. The van der Waals surface area contributed by atoms with Crippen LogP contribution in [0.1, 0.15) is 51.0 Å². The molecule has 20 heavy (non-hydrogen) atoms. The number of rotatable bonds is 6. The minimum Gasteiger partial charge on any atom is -0.480 e. The molecule has 1 aromatic carbocycles. The molecule has 110 valence electrons. The third-order valence-electron chi connectivity index (χ3n) is 4.45. The number of aliphatic carboxylic acids is 1. The summed E-state index contributed by atoms with van der Waals surface area (Å²) in [6.07, 6.45) is 7.06. The summed E-state index contributed by atoms with van der Waals surface area (Å²) in [4.78, 5) is 11.9. The predicted molar refractivity (Wildman–Crippen MR) is 80.8 cm³/mol. The SMILES string of the molecule is CCC(Cc1ccccc1)(NC1CCCCC1)C(=O)O. The maximum absolute atomic E-state index is 11.9. The zero-order valence-electron chi connectivity index (χ0n) is 12.3. The average Bonchev–Trinajstić information content (AvgIpc) is 2.48. The van der Waals surface area contributed by atoms with E-state index < -0.39 is 11.5 Å². The summed E-state index contributed by atoms with van der Waals surface area (Å²) in [6.45, 7) is 1.97. The van der Waals surface area contributed by atoms with Crippen molar-refractivity contribution in [1.82, 2.24) is 5.32 Å². The Morgan fingerprint density at radius 2 is 1.90 bits per heavy atom. The molecule has 0 saturated heterocycles. The van der Waals surface area contributed by atoms with Crippen molar-refractivity contribution >= 4 is 5.97 Å². The molecule has 0 radical (unpaired) electrons. The van der Waals surface area contributed by atoms with Crippen molar-refractivity contribution in [3.63, 3.8) is 0 Å². The fraction of sp³-hybridized carbons (Fsp3) is 0.588. The van der Waals surface area contributed by atoms with Crippen molar-refractivity contribution < 1.29 is 9.90 Å². The zero-order valence-corrected chi connectivity index (χ0v) is 12.3. The van der Waals surface area contributed by atoms with Crippen LogP contribution in [-0.2, 0) is 11.2 Å². The summed E-state index contributed by atoms with van der Waals surface area (Å²) in [5.41, 5.74) is 0.253. The fourth-order valence-corrected chi connectivity index (χ4v) is 3.15. The van der Waals surface area contributed by atoms with E-state index in [-0.39, 0.29) is 0 Å². The second-order valence-electron chi connectivity index (χ2n) is 5.88. The number of carboxylic acid groups (broad SMARTS) is 1. The van der Waals surface area contributed by atoms with E-state index in [4.69, 9.17) is 0 Å². The molecule has 0 spiro atoms. The summed E-state index contributed by atoms with van der Waals surface area (Å²) in [7, 11) is 0. The molecule has 1 fully saturated rings. The maximum atomic E-state index is 11.9. The Morgan fingerprint density at radius 3 is 2.45 bits per heavy atom. The Morgan fingerprint density at radius 1 is 1.25 bits per heavy atom. The standard InChI is InChI=1S/C17H25NO2/c1-2-17(16(19)20,13-14-9-5-3-6-10-14)18-15-11-7-4-8-12-15/h3,5-6,9-10,15,18H,2,4,7-8,11-13H2,1H3,(H,19,20). The van der Waals surface area contributed by atoms with Crippen LogP contribution in [0.3, 0.4) is 0 Å². The highest BCUT2D eigenvalue weighted by Gasteiger charge is 2.38. The van der Waals surface area contributed by atoms with Gasteiger partial charge < -0.3 is 5.11 Å². The summed E-state index contributed by atoms with van der Waals surface area (Å²) < 4.78 is 0. The lowest BCUT2D eigenvalue weighted by atomic mass is 9.85. The maximum Gasteiger partial charge on any atom is 0.324 e. The van der Waals surface area contributed by atoms with Gasteiger partial charge in [0.2, 0.25) is 0 Å². The van der Waals surface area contributed by atoms with Crippen LogP contribution in [-0.4, -0.2) is 22.7 Å². The second kappa shape index (κ2) is 6.89. The van der Waals surface area contributed by atoms with E-state index in [1.807, 2.05) is 37.3 Å². The lowest BCUT2D eigenvalue weighted by molar-refractivity contribution is -0.145. The number of carboxylic acids is 1. The molecular formula is C17H25NO2. The topological polar surface area (TPSA) is 49.3 Å². The van der Waals surface area contributed by atoms with Gasteiger partial charge in [-0.25, -0.2) is 0 Å². The molecular weight excluding hydrogens is 250 g/mol. The Labute approximate surface area is 121 Å². The highest BCUT2D eigenvalue weighted by Crippen LogP contribution is 2.24. The summed E-state index contributed by atoms with van der Waals surface area (Å²) in [5, 5.41) is 13.2. The van der Waals surface area contributed by atoms with Gasteiger partial charge in [0.15, 0.2) is 0 Å². The molecule has 1 atom stereocenters. The van der Waals surface area contributed by atoms with Gasteiger partial charge in [0.1, 0.15) is 5.54 Å². The first-order valence-corrected chi connectivity index (χ1v) is 7.71. The van der Waals surface area contributed by atoms with Crippen molar-refractivity contribution in [2.75, 3.05) is 0 Å². The van der Waals surface area contributed by atoms with Gasteiger partial charge in [0, 0.05) is 12.5 Å². The van der Waals surface area contributed by atoms with E-state index in [0.717, 1.165) is 18.4 Å². The fourth-order valence-electron chi connectivity index (χ4n) is 3.15. The highest BCUT2D eigenvalue weighted by molar-refractivity contribution is 5.79. The third-order valence-corrected chi connectivity index (χ3v) is 4.45. The molecule has 0 amide bonds. The Balaban J connectivity index is 2.13. The van der Waals surface area contributed by atoms with Gasteiger partial charge in [-0.1, -0.05) is 56.5 Å². The van der Waals surface area contributed by atoms with Gasteiger partial charge in [-0.2, -0.15) is 0 Å². The first kappa shape index (κ1) is 15.0. The molecule has 0 bridgehead atoms. The van der Waals surface area contributed by atoms with Gasteiger partial charge in [0.25, 0.3) is 0 Å². The van der Waals surface area contributed by atoms with E-state index in [1.165, 1.54) is 19.3 Å². The predicted octanol–water partition coefficient (Wildman–Crippen LogP) is 3.38. The van der Waals surface area contributed by atoms with Crippen LogP contribution in [0, 0.1) is 0 Å². The number of hydrogen-bond donors (Lipinski definition) is 2. The lowest BCUT2D eigenvalue weighted by Gasteiger charge is -2.36. The van der Waals surface area contributed by atoms with Crippen molar-refractivity contribution in [2.45, 2.75) is 63.5 Å². The van der Waals surface area contributed by atoms with E-state index in [2.05, 4.69) is 5.32 Å². The van der Waals surface area contributed by atoms with Crippen molar-refractivity contribution in [2.24, 2.45) is 0 Å². The molecule has 1 aromatic rings. The molecule has 3 nitrogen and oxygen atoms in total. The minimum absolute atomic E-state index is 0.350. The lowest BCUT2D eigenvalue weighted by Crippen LogP contribution is -2.57. The molecule has 1 aliphatic carbocycles. The molecule has 2 N–H and O–H groups in total. The first-order chi connectivity index (χ1) is 9.66.